The van der Waals surface area contributed by atoms with E-state index in [1.165, 1.54) is 13.2 Å². The van der Waals surface area contributed by atoms with Crippen molar-refractivity contribution in [2.24, 2.45) is 18.7 Å². The Hall–Kier alpha value is -4.53. The van der Waals surface area contributed by atoms with Crippen molar-refractivity contribution < 1.29 is 0 Å². The molecule has 2 aromatic carbocycles. The van der Waals surface area contributed by atoms with Gasteiger partial charge >= 0.3 is 5.69 Å². The van der Waals surface area contributed by atoms with E-state index in [2.05, 4.69) is 11.9 Å². The monoisotopic (exact) mass is 499 g/mol. The fraction of sp³-hybridized carbons (Fsp3) is 0.250. The molecule has 0 fully saturated rings. The Morgan fingerprint density at radius 1 is 1.14 bits per heavy atom. The topological polar surface area (TPSA) is 103 Å². The van der Waals surface area contributed by atoms with E-state index in [0.717, 1.165) is 27.1 Å². The van der Waals surface area contributed by atoms with Crippen molar-refractivity contribution >= 4 is 28.2 Å². The van der Waals surface area contributed by atoms with E-state index in [9.17, 15) is 9.59 Å². The second-order valence-electron chi connectivity index (χ2n) is 9.44. The van der Waals surface area contributed by atoms with Gasteiger partial charge in [-0.2, -0.15) is 5.10 Å². The third-order valence-corrected chi connectivity index (χ3v) is 6.17. The molecular weight excluding hydrogens is 466 g/mol. The highest BCUT2D eigenvalue weighted by molar-refractivity contribution is 5.89. The number of fused-ring (bicyclic) bond motifs is 1. The predicted octanol–water partition coefficient (Wildman–Crippen LogP) is 3.68. The number of anilines is 2. The van der Waals surface area contributed by atoms with E-state index >= 15 is 0 Å². The van der Waals surface area contributed by atoms with Crippen molar-refractivity contribution in [2.45, 2.75) is 26.9 Å². The molecule has 0 bridgehead atoms. The number of hydrogen-bond acceptors (Lipinski definition) is 6. The number of nitrogens with zero attached hydrogens (tertiary/aromatic N) is 5. The quantitative estimate of drug-likeness (QED) is 0.364. The van der Waals surface area contributed by atoms with E-state index in [1.807, 2.05) is 80.4 Å². The lowest BCUT2D eigenvalue weighted by Crippen LogP contribution is -2.38. The highest BCUT2D eigenvalue weighted by Crippen LogP contribution is 2.25. The van der Waals surface area contributed by atoms with E-state index < -0.39 is 0 Å². The van der Waals surface area contributed by atoms with Crippen LogP contribution in [0, 0.1) is 5.92 Å². The van der Waals surface area contributed by atoms with Gasteiger partial charge in [-0.3, -0.25) is 13.9 Å². The average Bonchev–Trinajstić information content (AvgIpc) is 3.23. The highest BCUT2D eigenvalue weighted by Gasteiger charge is 2.22. The van der Waals surface area contributed by atoms with Crippen molar-refractivity contribution in [1.29, 1.82) is 0 Å². The highest BCUT2D eigenvalue weighted by atomic mass is 16.2. The first-order chi connectivity index (χ1) is 17.7. The number of rotatable bonds is 9. The summed E-state index contributed by atoms with van der Waals surface area (Å²) in [6, 6.07) is 17.6. The Kier molecular flexibility index (Phi) is 7.33. The Bertz CT molecular complexity index is 1560. The first kappa shape index (κ1) is 25.6. The molecule has 0 radical (unpaired) electrons. The molecule has 4 rings (SSSR count). The summed E-state index contributed by atoms with van der Waals surface area (Å²) in [6.07, 6.45) is 3.20. The summed E-state index contributed by atoms with van der Waals surface area (Å²) < 4.78 is 4.49. The molecule has 9 nitrogen and oxygen atoms in total. The zero-order valence-electron chi connectivity index (χ0n) is 21.7. The fourth-order valence-electron chi connectivity index (χ4n) is 4.19. The Morgan fingerprint density at radius 2 is 1.81 bits per heavy atom. The smallest absolute Gasteiger partial charge is 0.332 e. The summed E-state index contributed by atoms with van der Waals surface area (Å²) in [5.41, 5.74) is 8.68. The number of benzene rings is 2. The minimum Gasteiger partial charge on any atom is -0.403 e. The van der Waals surface area contributed by atoms with Crippen LogP contribution in [-0.2, 0) is 20.1 Å². The van der Waals surface area contributed by atoms with Gasteiger partial charge in [-0.1, -0.05) is 62.9 Å². The number of para-hydroxylation sites is 1. The van der Waals surface area contributed by atoms with Gasteiger partial charge < -0.3 is 16.0 Å². The fourth-order valence-corrected chi connectivity index (χ4v) is 4.19. The molecule has 3 N–H and O–H groups in total. The van der Waals surface area contributed by atoms with Gasteiger partial charge in [0.25, 0.3) is 5.56 Å². The minimum atomic E-state index is -0.382. The van der Waals surface area contributed by atoms with Crippen molar-refractivity contribution in [1.82, 2.24) is 23.8 Å². The summed E-state index contributed by atoms with van der Waals surface area (Å²) in [6.45, 7) is 9.03. The van der Waals surface area contributed by atoms with Crippen molar-refractivity contribution in [3.63, 3.8) is 0 Å². The maximum atomic E-state index is 13.3. The van der Waals surface area contributed by atoms with E-state index in [4.69, 9.17) is 10.8 Å². The van der Waals surface area contributed by atoms with E-state index in [-0.39, 0.29) is 17.2 Å². The zero-order valence-corrected chi connectivity index (χ0v) is 21.7. The maximum Gasteiger partial charge on any atom is 0.332 e. The first-order valence-electron chi connectivity index (χ1n) is 12.1. The molecule has 0 atom stereocenters. The van der Waals surface area contributed by atoms with Crippen LogP contribution in [0.4, 0.5) is 11.5 Å². The van der Waals surface area contributed by atoms with Crippen LogP contribution in [0.5, 0.6) is 0 Å². The molecule has 0 aliphatic carbocycles. The third-order valence-electron chi connectivity index (χ3n) is 6.17. The molecule has 2 heterocycles. The summed E-state index contributed by atoms with van der Waals surface area (Å²) in [4.78, 5) is 28.2. The van der Waals surface area contributed by atoms with Gasteiger partial charge in [0.15, 0.2) is 5.65 Å². The van der Waals surface area contributed by atoms with Crippen molar-refractivity contribution in [3.8, 4) is 0 Å². The van der Waals surface area contributed by atoms with Gasteiger partial charge in [0.2, 0.25) is 0 Å². The molecule has 9 heteroatoms. The number of nitrogens with one attached hydrogen (secondary N) is 1. The van der Waals surface area contributed by atoms with E-state index in [0.29, 0.717) is 29.9 Å². The molecule has 37 heavy (non-hydrogen) atoms. The molecule has 4 aromatic rings. The van der Waals surface area contributed by atoms with Crippen LogP contribution in [0.1, 0.15) is 25.0 Å². The van der Waals surface area contributed by atoms with Gasteiger partial charge in [-0.25, -0.2) is 9.48 Å². The molecule has 0 amide bonds. The lowest BCUT2D eigenvalue weighted by molar-refractivity contribution is 0.498. The zero-order chi connectivity index (χ0) is 26.7. The lowest BCUT2D eigenvalue weighted by atomic mass is 10.1. The normalized spacial score (nSPS) is 11.5. The van der Waals surface area contributed by atoms with Crippen LogP contribution in [0.15, 0.2) is 83.2 Å². The Labute approximate surface area is 215 Å². The first-order valence-corrected chi connectivity index (χ1v) is 12.1. The second kappa shape index (κ2) is 10.6. The average molecular weight is 500 g/mol. The van der Waals surface area contributed by atoms with Crippen LogP contribution in [-0.4, -0.2) is 30.9 Å². The number of hydrogen-bond donors (Lipinski definition) is 2. The molecule has 0 aliphatic rings. The SMILES string of the molecule is C=C(c1ccc(Cn2nc3c(c2Nc2ccccc2)c(=O)n(C)c(=O)n3CC(C)C)cc1)N(C)/C=C\N. The van der Waals surface area contributed by atoms with Gasteiger partial charge in [-0.15, -0.1) is 0 Å². The number of nitrogens with two attached hydrogens (primary N) is 1. The van der Waals surface area contributed by atoms with Crippen LogP contribution in [0.25, 0.3) is 16.7 Å². The molecule has 0 aliphatic heterocycles. The third kappa shape index (κ3) is 5.20. The minimum absolute atomic E-state index is 0.196. The molecule has 192 valence electrons. The van der Waals surface area contributed by atoms with Crippen LogP contribution in [0.2, 0.25) is 0 Å². The molecule has 0 saturated heterocycles. The maximum absolute atomic E-state index is 13.3. The number of aromatic nitrogens is 4. The van der Waals surface area contributed by atoms with Gasteiger partial charge in [0.1, 0.15) is 11.2 Å². The summed E-state index contributed by atoms with van der Waals surface area (Å²) in [5, 5.41) is 8.54. The van der Waals surface area contributed by atoms with Crippen molar-refractivity contribution in [2.75, 3.05) is 12.4 Å². The standard InChI is InChI=1S/C28H33N7O2/c1-19(2)17-34-26-24(27(36)33(5)28(34)37)25(30-23-9-7-6-8-10-23)35(31-26)18-21-11-13-22(14-12-21)20(3)32(4)16-15-29/h6-16,19,30H,3,17-18,29H2,1-2,4-5H3/b16-15-. The second-order valence-corrected chi connectivity index (χ2v) is 9.44. The predicted molar refractivity (Wildman–Crippen MR) is 149 cm³/mol. The van der Waals surface area contributed by atoms with Crippen LogP contribution in [0.3, 0.4) is 0 Å². The molecule has 0 saturated carbocycles. The molecular formula is C28H33N7O2. The lowest BCUT2D eigenvalue weighted by Gasteiger charge is -2.17. The summed E-state index contributed by atoms with van der Waals surface area (Å²) in [5.74, 6) is 0.739. The van der Waals surface area contributed by atoms with Crippen LogP contribution < -0.4 is 22.3 Å². The Balaban J connectivity index is 1.83. The van der Waals surface area contributed by atoms with E-state index in [1.54, 1.807) is 15.4 Å². The molecule has 2 aromatic heterocycles. The Morgan fingerprint density at radius 3 is 2.43 bits per heavy atom. The van der Waals surface area contributed by atoms with Gasteiger partial charge in [0.05, 0.1) is 6.54 Å². The summed E-state index contributed by atoms with van der Waals surface area (Å²) >= 11 is 0. The van der Waals surface area contributed by atoms with Gasteiger partial charge in [0, 0.05) is 44.4 Å². The van der Waals surface area contributed by atoms with Crippen molar-refractivity contribution in [3.05, 3.63) is 106 Å². The van der Waals surface area contributed by atoms with Crippen LogP contribution >= 0.6 is 0 Å². The molecule has 0 unspecified atom stereocenters. The largest absolute Gasteiger partial charge is 0.403 e. The summed E-state index contributed by atoms with van der Waals surface area (Å²) in [7, 11) is 3.39. The van der Waals surface area contributed by atoms with Gasteiger partial charge in [-0.05, 0) is 29.2 Å². The molecule has 0 spiro atoms.